The van der Waals surface area contributed by atoms with E-state index in [1.54, 1.807) is 12.1 Å². The van der Waals surface area contributed by atoms with Crippen molar-refractivity contribution in [2.45, 2.75) is 90.4 Å². The minimum Gasteiger partial charge on any atom is -0.327 e. The number of nitrogens with zero attached hydrogens (tertiary/aromatic N) is 1. The van der Waals surface area contributed by atoms with Crippen molar-refractivity contribution in [3.8, 4) is 0 Å². The zero-order valence-electron chi connectivity index (χ0n) is 28.7. The van der Waals surface area contributed by atoms with E-state index in [2.05, 4.69) is 110 Å². The van der Waals surface area contributed by atoms with E-state index in [9.17, 15) is 18.0 Å². The molecule has 45 heavy (non-hydrogen) atoms. The molecule has 4 rings (SSSR count). The third-order valence-electron chi connectivity index (χ3n) is 8.44. The number of hydrogen-bond acceptors (Lipinski definition) is 4. The molecule has 0 radical (unpaired) electrons. The van der Waals surface area contributed by atoms with Crippen LogP contribution in [-0.4, -0.2) is 54.9 Å². The zero-order chi connectivity index (χ0) is 34.0. The standard InChI is InChI=1S/C22H32N.C11H10O5S.C5H12/c1-6-20(16-18(2)21-10-8-7-9-11-21)22-14-12-19(13-15-22)17-23(3,4)5;1-11(17(14,15)16)6-9(12)7-4-2-3-5-8(7)10(11)13;1-4-5(2)3/h7-15,18,20H,6,16-17H2,1-5H3;2-5H,6H2,1H3,(H,14,15,16);5H,4H2,1-3H3/q+1;;. The summed E-state index contributed by atoms with van der Waals surface area (Å²) < 4.78 is 30.5. The summed E-state index contributed by atoms with van der Waals surface area (Å²) in [6, 6.07) is 26.2. The lowest BCUT2D eigenvalue weighted by molar-refractivity contribution is -0.884. The molecule has 246 valence electrons. The fourth-order valence-corrected chi connectivity index (χ4v) is 5.88. The van der Waals surface area contributed by atoms with Gasteiger partial charge >= 0.3 is 0 Å². The summed E-state index contributed by atoms with van der Waals surface area (Å²) >= 11 is 0. The third-order valence-corrected chi connectivity index (χ3v) is 9.91. The maximum atomic E-state index is 12.0. The number of rotatable bonds is 9. The Balaban J connectivity index is 0.000000281. The van der Waals surface area contributed by atoms with E-state index in [1.807, 2.05) is 0 Å². The summed E-state index contributed by atoms with van der Waals surface area (Å²) in [5.74, 6) is 0.931. The quantitative estimate of drug-likeness (QED) is 0.187. The van der Waals surface area contributed by atoms with Gasteiger partial charge in [-0.05, 0) is 48.6 Å². The van der Waals surface area contributed by atoms with Crippen molar-refractivity contribution < 1.29 is 27.0 Å². The van der Waals surface area contributed by atoms with Crippen LogP contribution in [0.3, 0.4) is 0 Å². The lowest BCUT2D eigenvalue weighted by Gasteiger charge is -2.29. The summed E-state index contributed by atoms with van der Waals surface area (Å²) in [7, 11) is 2.10. The number of carbonyl (C=O) groups is 2. The second-order valence-electron chi connectivity index (χ2n) is 13.8. The van der Waals surface area contributed by atoms with Gasteiger partial charge in [0.15, 0.2) is 16.3 Å². The van der Waals surface area contributed by atoms with Crippen molar-refractivity contribution in [1.29, 1.82) is 0 Å². The van der Waals surface area contributed by atoms with Gasteiger partial charge in [-0.25, -0.2) is 0 Å². The van der Waals surface area contributed by atoms with Crippen LogP contribution in [0.2, 0.25) is 0 Å². The molecule has 1 aliphatic rings. The summed E-state index contributed by atoms with van der Waals surface area (Å²) in [5, 5.41) is 0. The molecule has 1 N–H and O–H groups in total. The van der Waals surface area contributed by atoms with Gasteiger partial charge in [-0.15, -0.1) is 0 Å². The number of carbonyl (C=O) groups excluding carboxylic acids is 2. The molecule has 3 unspecified atom stereocenters. The predicted molar refractivity (Wildman–Crippen MR) is 185 cm³/mol. The number of quaternary nitrogens is 1. The summed E-state index contributed by atoms with van der Waals surface area (Å²) in [5.41, 5.74) is 4.61. The average molecular weight is 637 g/mol. The van der Waals surface area contributed by atoms with Gasteiger partial charge < -0.3 is 4.48 Å². The van der Waals surface area contributed by atoms with Gasteiger partial charge in [-0.2, -0.15) is 8.42 Å². The molecule has 0 amide bonds. The van der Waals surface area contributed by atoms with Crippen LogP contribution in [-0.2, 0) is 16.7 Å². The Morgan fingerprint density at radius 3 is 1.76 bits per heavy atom. The lowest BCUT2D eigenvalue weighted by atomic mass is 9.82. The minimum atomic E-state index is -4.62. The molecule has 0 aliphatic heterocycles. The number of ketones is 2. The molecule has 0 bridgehead atoms. The van der Waals surface area contributed by atoms with Crippen molar-refractivity contribution >= 4 is 21.7 Å². The Kier molecular flexibility index (Phi) is 13.9. The first-order chi connectivity index (χ1) is 20.9. The number of Topliss-reactive ketones (excluding diaryl/α,β-unsaturated/α-hetero) is 2. The fraction of sp³-hybridized carbons (Fsp3) is 0.474. The predicted octanol–water partition coefficient (Wildman–Crippen LogP) is 8.73. The van der Waals surface area contributed by atoms with Crippen LogP contribution in [0, 0.1) is 5.92 Å². The number of hydrogen-bond donors (Lipinski definition) is 1. The Bertz CT molecular complexity index is 1490. The van der Waals surface area contributed by atoms with E-state index >= 15 is 0 Å². The highest BCUT2D eigenvalue weighted by Gasteiger charge is 2.51. The van der Waals surface area contributed by atoms with Crippen LogP contribution in [0.4, 0.5) is 0 Å². The highest BCUT2D eigenvalue weighted by Crippen LogP contribution is 2.34. The molecule has 0 fully saturated rings. The zero-order valence-corrected chi connectivity index (χ0v) is 29.5. The summed E-state index contributed by atoms with van der Waals surface area (Å²) in [4.78, 5) is 23.8. The van der Waals surface area contributed by atoms with Crippen molar-refractivity contribution in [3.63, 3.8) is 0 Å². The van der Waals surface area contributed by atoms with E-state index in [-0.39, 0.29) is 11.1 Å². The Morgan fingerprint density at radius 2 is 1.29 bits per heavy atom. The van der Waals surface area contributed by atoms with Gasteiger partial charge in [0.05, 0.1) is 21.1 Å². The Labute approximate surface area is 272 Å². The van der Waals surface area contributed by atoms with Crippen molar-refractivity contribution in [3.05, 3.63) is 107 Å². The molecular formula is C38H54NO5S+. The first-order valence-corrected chi connectivity index (χ1v) is 17.5. The molecule has 0 saturated heterocycles. The number of benzene rings is 3. The van der Waals surface area contributed by atoms with Crippen LogP contribution in [0.15, 0.2) is 78.9 Å². The SMILES string of the molecule is CC1(S(=O)(=O)O)CC(=O)c2ccccc2C1=O.CCC(C)C.CCC(CC(C)c1ccccc1)c1ccc(C[N+](C)(C)C)cc1. The van der Waals surface area contributed by atoms with Crippen molar-refractivity contribution in [1.82, 2.24) is 0 Å². The molecule has 0 heterocycles. The molecule has 0 aromatic heterocycles. The van der Waals surface area contributed by atoms with Crippen molar-refractivity contribution in [2.75, 3.05) is 21.1 Å². The first kappa shape index (κ1) is 38.1. The van der Waals surface area contributed by atoms with Gasteiger partial charge in [0.2, 0.25) is 0 Å². The smallest absolute Gasteiger partial charge is 0.278 e. The van der Waals surface area contributed by atoms with E-state index in [0.717, 1.165) is 23.9 Å². The van der Waals surface area contributed by atoms with Crippen LogP contribution in [0.5, 0.6) is 0 Å². The van der Waals surface area contributed by atoms with Crippen LogP contribution >= 0.6 is 0 Å². The van der Waals surface area contributed by atoms with E-state index in [0.29, 0.717) is 11.8 Å². The molecule has 1 aliphatic carbocycles. The molecule has 6 nitrogen and oxygen atoms in total. The van der Waals surface area contributed by atoms with Crippen LogP contribution in [0.25, 0.3) is 0 Å². The topological polar surface area (TPSA) is 88.5 Å². The molecular weight excluding hydrogens is 582 g/mol. The molecule has 3 aromatic rings. The second-order valence-corrected chi connectivity index (χ2v) is 15.7. The largest absolute Gasteiger partial charge is 0.327 e. The lowest BCUT2D eigenvalue weighted by Crippen LogP contribution is -2.48. The van der Waals surface area contributed by atoms with E-state index < -0.39 is 32.9 Å². The van der Waals surface area contributed by atoms with E-state index in [4.69, 9.17) is 4.55 Å². The minimum absolute atomic E-state index is 0.0453. The van der Waals surface area contributed by atoms with Gasteiger partial charge in [0, 0.05) is 23.1 Å². The maximum Gasteiger partial charge on any atom is 0.278 e. The third kappa shape index (κ3) is 11.0. The molecule has 3 aromatic carbocycles. The fourth-order valence-electron chi connectivity index (χ4n) is 5.23. The van der Waals surface area contributed by atoms with Gasteiger partial charge in [0.25, 0.3) is 10.1 Å². The summed E-state index contributed by atoms with van der Waals surface area (Å²) in [6.45, 7) is 13.5. The molecule has 0 spiro atoms. The maximum absolute atomic E-state index is 12.0. The highest BCUT2D eigenvalue weighted by atomic mass is 32.2. The van der Waals surface area contributed by atoms with Crippen LogP contribution < -0.4 is 0 Å². The van der Waals surface area contributed by atoms with Gasteiger partial charge in [-0.1, -0.05) is 120 Å². The number of fused-ring (bicyclic) bond motifs is 1. The Morgan fingerprint density at radius 1 is 0.778 bits per heavy atom. The second kappa shape index (κ2) is 16.4. The summed E-state index contributed by atoms with van der Waals surface area (Å²) in [6.07, 6.45) is 3.20. The molecule has 0 saturated carbocycles. The Hall–Kier alpha value is -3.13. The molecule has 3 atom stereocenters. The average Bonchev–Trinajstić information content (AvgIpc) is 2.99. The first-order valence-electron chi connectivity index (χ1n) is 16.0. The monoisotopic (exact) mass is 636 g/mol. The van der Waals surface area contributed by atoms with Gasteiger partial charge in [-0.3, -0.25) is 14.1 Å². The van der Waals surface area contributed by atoms with Gasteiger partial charge in [0.1, 0.15) is 6.54 Å². The van der Waals surface area contributed by atoms with Crippen LogP contribution in [0.1, 0.15) is 116 Å². The normalized spacial score (nSPS) is 17.8. The van der Waals surface area contributed by atoms with E-state index in [1.165, 1.54) is 48.1 Å². The van der Waals surface area contributed by atoms with Crippen molar-refractivity contribution in [2.24, 2.45) is 5.92 Å². The highest BCUT2D eigenvalue weighted by molar-refractivity contribution is 7.88. The molecule has 7 heteroatoms.